The van der Waals surface area contributed by atoms with Gasteiger partial charge in [-0.05, 0) is 24.1 Å². The second-order valence-corrected chi connectivity index (χ2v) is 2.51. The maximum Gasteiger partial charge on any atom is 0.140 e. The molecule has 1 aromatic heterocycles. The molecule has 0 bridgehead atoms. The minimum Gasteiger partial charge on any atom is -0.388 e. The van der Waals surface area contributed by atoms with E-state index in [0.717, 1.165) is 5.56 Å². The molecule has 1 N–H and O–H groups in total. The number of aliphatic hydroxyl groups excluding tert-OH is 1. The van der Waals surface area contributed by atoms with Gasteiger partial charge in [0.1, 0.15) is 11.8 Å². The summed E-state index contributed by atoms with van der Waals surface area (Å²) >= 11 is 0. The zero-order valence-electron chi connectivity index (χ0n) is 6.86. The second kappa shape index (κ2) is 3.84. The molecule has 3 heteroatoms. The van der Waals surface area contributed by atoms with Crippen LogP contribution in [0.1, 0.15) is 30.7 Å². The van der Waals surface area contributed by atoms with E-state index in [9.17, 15) is 5.11 Å². The largest absolute Gasteiger partial charge is 0.388 e. The summed E-state index contributed by atoms with van der Waals surface area (Å²) in [4.78, 5) is 3.80. The molecule has 0 saturated carbocycles. The highest BCUT2D eigenvalue weighted by molar-refractivity contribution is 5.26. The quantitative estimate of drug-likeness (QED) is 0.715. The van der Waals surface area contributed by atoms with Crippen LogP contribution in [0.15, 0.2) is 18.3 Å². The number of pyridine rings is 1. The van der Waals surface area contributed by atoms with E-state index in [2.05, 4.69) is 4.98 Å². The first kappa shape index (κ1) is 8.69. The van der Waals surface area contributed by atoms with E-state index in [1.54, 1.807) is 12.1 Å². The normalized spacial score (nSPS) is 12.1. The summed E-state index contributed by atoms with van der Waals surface area (Å²) in [7, 11) is 0. The van der Waals surface area contributed by atoms with Gasteiger partial charge in [0.2, 0.25) is 0 Å². The van der Waals surface area contributed by atoms with Crippen LogP contribution in [0.5, 0.6) is 0 Å². The number of hydrogen-bond acceptors (Lipinski definition) is 3. The molecule has 1 atom stereocenters. The van der Waals surface area contributed by atoms with Crippen molar-refractivity contribution in [1.82, 2.24) is 4.98 Å². The Morgan fingerprint density at radius 3 is 3.08 bits per heavy atom. The standard InChI is InChI=1S/C9H10N2O/c1-2-9(12)7-3-4-11-8(5-7)6-10/h3-5,9,12H,2H2,1H3. The van der Waals surface area contributed by atoms with Gasteiger partial charge < -0.3 is 5.11 Å². The van der Waals surface area contributed by atoms with Gasteiger partial charge in [-0.15, -0.1) is 0 Å². The molecular formula is C9H10N2O. The summed E-state index contributed by atoms with van der Waals surface area (Å²) < 4.78 is 0. The van der Waals surface area contributed by atoms with E-state index in [1.165, 1.54) is 6.20 Å². The van der Waals surface area contributed by atoms with Crippen molar-refractivity contribution in [3.63, 3.8) is 0 Å². The van der Waals surface area contributed by atoms with Gasteiger partial charge in [-0.25, -0.2) is 4.98 Å². The van der Waals surface area contributed by atoms with E-state index in [1.807, 2.05) is 13.0 Å². The molecule has 0 aliphatic carbocycles. The van der Waals surface area contributed by atoms with Crippen molar-refractivity contribution in [2.45, 2.75) is 19.4 Å². The van der Waals surface area contributed by atoms with Crippen LogP contribution in [-0.2, 0) is 0 Å². The van der Waals surface area contributed by atoms with Crippen molar-refractivity contribution >= 4 is 0 Å². The summed E-state index contributed by atoms with van der Waals surface area (Å²) in [5, 5.41) is 17.9. The number of rotatable bonds is 2. The van der Waals surface area contributed by atoms with Crippen molar-refractivity contribution in [2.24, 2.45) is 0 Å². The summed E-state index contributed by atoms with van der Waals surface area (Å²) in [5.74, 6) is 0. The Labute approximate surface area is 71.3 Å². The average Bonchev–Trinajstić information content (AvgIpc) is 2.17. The molecule has 0 aliphatic heterocycles. The minimum absolute atomic E-state index is 0.347. The van der Waals surface area contributed by atoms with Crippen LogP contribution >= 0.6 is 0 Å². The van der Waals surface area contributed by atoms with Gasteiger partial charge in [-0.2, -0.15) is 5.26 Å². The zero-order valence-corrected chi connectivity index (χ0v) is 6.86. The lowest BCUT2D eigenvalue weighted by Gasteiger charge is -2.06. The van der Waals surface area contributed by atoms with Gasteiger partial charge in [0.25, 0.3) is 0 Å². The highest BCUT2D eigenvalue weighted by Gasteiger charge is 2.04. The van der Waals surface area contributed by atoms with Crippen molar-refractivity contribution in [3.8, 4) is 6.07 Å². The highest BCUT2D eigenvalue weighted by atomic mass is 16.3. The molecule has 0 radical (unpaired) electrons. The Bertz CT molecular complexity index is 304. The molecule has 0 amide bonds. The predicted octanol–water partition coefficient (Wildman–Crippen LogP) is 1.40. The van der Waals surface area contributed by atoms with Gasteiger partial charge in [-0.3, -0.25) is 0 Å². The molecule has 1 unspecified atom stereocenters. The number of aliphatic hydroxyl groups is 1. The predicted molar refractivity (Wildman–Crippen MR) is 44.2 cm³/mol. The number of nitrogens with zero attached hydrogens (tertiary/aromatic N) is 2. The fourth-order valence-electron chi connectivity index (χ4n) is 0.951. The van der Waals surface area contributed by atoms with E-state index in [-0.39, 0.29) is 0 Å². The van der Waals surface area contributed by atoms with Gasteiger partial charge in [0, 0.05) is 6.20 Å². The molecule has 1 aromatic rings. The molecule has 0 fully saturated rings. The number of nitriles is 1. The van der Waals surface area contributed by atoms with Crippen LogP contribution in [-0.4, -0.2) is 10.1 Å². The fraction of sp³-hybridized carbons (Fsp3) is 0.333. The first-order valence-electron chi connectivity index (χ1n) is 3.82. The highest BCUT2D eigenvalue weighted by Crippen LogP contribution is 2.15. The van der Waals surface area contributed by atoms with Crippen molar-refractivity contribution in [3.05, 3.63) is 29.6 Å². The molecule has 0 saturated heterocycles. The monoisotopic (exact) mass is 162 g/mol. The molecular weight excluding hydrogens is 152 g/mol. The second-order valence-electron chi connectivity index (χ2n) is 2.51. The van der Waals surface area contributed by atoms with Gasteiger partial charge in [0.15, 0.2) is 0 Å². The van der Waals surface area contributed by atoms with Crippen molar-refractivity contribution < 1.29 is 5.11 Å². The maximum absolute atomic E-state index is 9.41. The van der Waals surface area contributed by atoms with Crippen molar-refractivity contribution in [1.29, 1.82) is 5.26 Å². The molecule has 3 nitrogen and oxygen atoms in total. The number of aromatic nitrogens is 1. The van der Waals surface area contributed by atoms with Crippen LogP contribution in [0.3, 0.4) is 0 Å². The average molecular weight is 162 g/mol. The third-order valence-electron chi connectivity index (χ3n) is 1.67. The molecule has 1 rings (SSSR count). The maximum atomic E-state index is 9.41. The van der Waals surface area contributed by atoms with E-state index < -0.39 is 6.10 Å². The lowest BCUT2D eigenvalue weighted by atomic mass is 10.1. The van der Waals surface area contributed by atoms with E-state index in [0.29, 0.717) is 12.1 Å². The summed E-state index contributed by atoms with van der Waals surface area (Å²) in [6, 6.07) is 5.25. The molecule has 0 aliphatic rings. The Balaban J connectivity index is 2.95. The summed E-state index contributed by atoms with van der Waals surface area (Å²) in [6.45, 7) is 1.89. The third-order valence-corrected chi connectivity index (χ3v) is 1.67. The van der Waals surface area contributed by atoms with Crippen molar-refractivity contribution in [2.75, 3.05) is 0 Å². The Hall–Kier alpha value is -1.40. The minimum atomic E-state index is -0.486. The van der Waals surface area contributed by atoms with Gasteiger partial charge >= 0.3 is 0 Å². The summed E-state index contributed by atoms with van der Waals surface area (Å²) in [6.07, 6.45) is 1.70. The van der Waals surface area contributed by atoms with E-state index >= 15 is 0 Å². The number of hydrogen-bond donors (Lipinski definition) is 1. The van der Waals surface area contributed by atoms with Crippen LogP contribution < -0.4 is 0 Å². The van der Waals surface area contributed by atoms with Gasteiger partial charge in [-0.1, -0.05) is 6.92 Å². The Morgan fingerprint density at radius 1 is 1.75 bits per heavy atom. The lowest BCUT2D eigenvalue weighted by molar-refractivity contribution is 0.173. The molecule has 62 valence electrons. The fourth-order valence-corrected chi connectivity index (χ4v) is 0.951. The first-order valence-corrected chi connectivity index (χ1v) is 3.82. The van der Waals surface area contributed by atoms with Crippen LogP contribution in [0, 0.1) is 11.3 Å². The molecule has 0 spiro atoms. The summed E-state index contributed by atoms with van der Waals surface area (Å²) in [5.41, 5.74) is 1.10. The van der Waals surface area contributed by atoms with Crippen LogP contribution in [0.25, 0.3) is 0 Å². The SMILES string of the molecule is CCC(O)c1ccnc(C#N)c1. The first-order chi connectivity index (χ1) is 5.77. The Morgan fingerprint density at radius 2 is 2.50 bits per heavy atom. The topological polar surface area (TPSA) is 56.9 Å². The third kappa shape index (κ3) is 1.80. The van der Waals surface area contributed by atoms with Crippen LogP contribution in [0.4, 0.5) is 0 Å². The molecule has 0 aromatic carbocycles. The lowest BCUT2D eigenvalue weighted by Crippen LogP contribution is -1.96. The Kier molecular flexibility index (Phi) is 2.78. The zero-order chi connectivity index (χ0) is 8.97. The van der Waals surface area contributed by atoms with Crippen LogP contribution in [0.2, 0.25) is 0 Å². The van der Waals surface area contributed by atoms with Gasteiger partial charge in [0.05, 0.1) is 6.10 Å². The molecule has 12 heavy (non-hydrogen) atoms. The molecule has 1 heterocycles. The van der Waals surface area contributed by atoms with E-state index in [4.69, 9.17) is 5.26 Å². The smallest absolute Gasteiger partial charge is 0.140 e.